The van der Waals surface area contributed by atoms with Gasteiger partial charge in [-0.1, -0.05) is 27.7 Å². The van der Waals surface area contributed by atoms with E-state index in [0.29, 0.717) is 0 Å². The molecule has 0 aromatic carbocycles. The third-order valence-corrected chi connectivity index (χ3v) is 4.47. The molecule has 1 rings (SSSR count). The van der Waals surface area contributed by atoms with Crippen LogP contribution in [0.25, 0.3) is 0 Å². The second-order valence-corrected chi connectivity index (χ2v) is 7.30. The van der Waals surface area contributed by atoms with E-state index in [-0.39, 0.29) is 18.3 Å². The van der Waals surface area contributed by atoms with Crippen molar-refractivity contribution in [2.24, 2.45) is 23.7 Å². The largest absolute Gasteiger partial charge is 0.459 e. The molecule has 0 radical (unpaired) electrons. The van der Waals surface area contributed by atoms with E-state index in [1.54, 1.807) is 0 Å². The first-order valence-electron chi connectivity index (χ1n) is 8.68. The Morgan fingerprint density at radius 1 is 1.12 bits per heavy atom. The lowest BCUT2D eigenvalue weighted by Gasteiger charge is -2.45. The Bertz CT molecular complexity index is 486. The molecule has 0 amide bonds. The molecule has 144 valence electrons. The summed E-state index contributed by atoms with van der Waals surface area (Å²) in [7, 11) is 1.40. The molecule has 5 atom stereocenters. The molecule has 1 aliphatic rings. The van der Waals surface area contributed by atoms with Crippen LogP contribution in [0.2, 0.25) is 0 Å². The van der Waals surface area contributed by atoms with Crippen LogP contribution in [0.1, 0.15) is 41.0 Å². The number of Topliss-reactive ketones (excluding diaryl/α,β-unsaturated/α-hetero) is 1. The molecule has 1 saturated carbocycles. The fourth-order valence-electron chi connectivity index (χ4n) is 3.40. The van der Waals surface area contributed by atoms with Gasteiger partial charge >= 0.3 is 11.9 Å². The third-order valence-electron chi connectivity index (χ3n) is 4.47. The van der Waals surface area contributed by atoms with E-state index in [0.717, 1.165) is 0 Å². The second kappa shape index (κ2) is 9.29. The van der Waals surface area contributed by atoms with Gasteiger partial charge in [-0.25, -0.2) is 0 Å². The summed E-state index contributed by atoms with van der Waals surface area (Å²) in [4.78, 5) is 36.5. The van der Waals surface area contributed by atoms with E-state index in [1.807, 2.05) is 27.7 Å². The SMILES string of the molecule is CO[C@@H]1[C@@H](OC(C)=O)[C@H](C(C)C)[C@H](OC(=O)CC(C)C)C(=O)[C@H]1CO. The maximum Gasteiger partial charge on any atom is 0.306 e. The molecule has 0 aliphatic heterocycles. The molecule has 25 heavy (non-hydrogen) atoms. The van der Waals surface area contributed by atoms with Crippen LogP contribution in [-0.2, 0) is 28.6 Å². The number of methoxy groups -OCH3 is 1. The van der Waals surface area contributed by atoms with E-state index >= 15 is 0 Å². The van der Waals surface area contributed by atoms with Gasteiger partial charge in [-0.3, -0.25) is 14.4 Å². The highest BCUT2D eigenvalue weighted by Gasteiger charge is 2.54. The quantitative estimate of drug-likeness (QED) is 0.686. The molecule has 7 nitrogen and oxygen atoms in total. The molecule has 0 aromatic rings. The maximum atomic E-state index is 12.8. The summed E-state index contributed by atoms with van der Waals surface area (Å²) in [6, 6.07) is 0. The minimum atomic E-state index is -1.07. The van der Waals surface area contributed by atoms with Crippen molar-refractivity contribution in [2.75, 3.05) is 13.7 Å². The van der Waals surface area contributed by atoms with Crippen LogP contribution < -0.4 is 0 Å². The lowest BCUT2D eigenvalue weighted by atomic mass is 9.70. The van der Waals surface area contributed by atoms with E-state index in [1.165, 1.54) is 14.0 Å². The van der Waals surface area contributed by atoms with Crippen LogP contribution in [0.15, 0.2) is 0 Å². The first-order valence-corrected chi connectivity index (χ1v) is 8.68. The summed E-state index contributed by atoms with van der Waals surface area (Å²) in [5.74, 6) is -2.87. The van der Waals surface area contributed by atoms with E-state index in [9.17, 15) is 19.5 Å². The number of ether oxygens (including phenoxy) is 3. The van der Waals surface area contributed by atoms with Gasteiger partial charge in [-0.05, 0) is 11.8 Å². The zero-order valence-corrected chi connectivity index (χ0v) is 15.9. The number of carbonyl (C=O) groups excluding carboxylic acids is 3. The first kappa shape index (κ1) is 21.6. The Kier molecular flexibility index (Phi) is 8.02. The molecule has 0 spiro atoms. The van der Waals surface area contributed by atoms with Crippen molar-refractivity contribution in [2.45, 2.75) is 59.4 Å². The number of carbonyl (C=O) groups is 3. The Morgan fingerprint density at radius 2 is 1.72 bits per heavy atom. The van der Waals surface area contributed by atoms with Gasteiger partial charge in [0, 0.05) is 26.4 Å². The highest BCUT2D eigenvalue weighted by atomic mass is 16.6. The van der Waals surface area contributed by atoms with Gasteiger partial charge in [0.1, 0.15) is 12.2 Å². The third kappa shape index (κ3) is 5.25. The van der Waals surface area contributed by atoms with Crippen molar-refractivity contribution in [3.8, 4) is 0 Å². The van der Waals surface area contributed by atoms with Gasteiger partial charge in [0.15, 0.2) is 11.9 Å². The van der Waals surface area contributed by atoms with Gasteiger partial charge in [-0.15, -0.1) is 0 Å². The number of hydrogen-bond acceptors (Lipinski definition) is 7. The molecule has 0 aromatic heterocycles. The highest BCUT2D eigenvalue weighted by Crippen LogP contribution is 2.37. The van der Waals surface area contributed by atoms with Gasteiger partial charge in [-0.2, -0.15) is 0 Å². The average Bonchev–Trinajstić information content (AvgIpc) is 2.48. The molecule has 0 heterocycles. The van der Waals surface area contributed by atoms with Crippen LogP contribution in [-0.4, -0.2) is 54.9 Å². The van der Waals surface area contributed by atoms with Crippen LogP contribution >= 0.6 is 0 Å². The minimum absolute atomic E-state index is 0.0910. The number of esters is 2. The molecule has 7 heteroatoms. The molecule has 0 unspecified atom stereocenters. The van der Waals surface area contributed by atoms with Gasteiger partial charge in [0.05, 0.1) is 12.5 Å². The summed E-state index contributed by atoms with van der Waals surface area (Å²) < 4.78 is 16.3. The van der Waals surface area contributed by atoms with Crippen LogP contribution in [0, 0.1) is 23.7 Å². The zero-order chi connectivity index (χ0) is 19.3. The van der Waals surface area contributed by atoms with Crippen molar-refractivity contribution in [3.63, 3.8) is 0 Å². The smallest absolute Gasteiger partial charge is 0.306 e. The number of ketones is 1. The molecular weight excluding hydrogens is 328 g/mol. The summed E-state index contributed by atoms with van der Waals surface area (Å²) in [5, 5.41) is 9.66. The molecule has 0 bridgehead atoms. The van der Waals surface area contributed by atoms with E-state index in [2.05, 4.69) is 0 Å². The number of rotatable bonds is 7. The first-order chi connectivity index (χ1) is 11.6. The standard InChI is InChI=1S/C18H30O7/c1-9(2)7-13(21)25-17-14(10(3)4)18(24-11(5)20)16(23-6)12(8-19)15(17)22/h9-10,12,14,16-19H,7-8H2,1-6H3/t12-,14-,16+,17+,18+/m1/s1. The molecule has 1 fully saturated rings. The number of aliphatic hydroxyl groups is 1. The molecule has 1 N–H and O–H groups in total. The summed E-state index contributed by atoms with van der Waals surface area (Å²) in [5.41, 5.74) is 0. The van der Waals surface area contributed by atoms with E-state index < -0.39 is 54.5 Å². The second-order valence-electron chi connectivity index (χ2n) is 7.30. The number of hydrogen-bond donors (Lipinski definition) is 1. The fraction of sp³-hybridized carbons (Fsp3) is 0.833. The van der Waals surface area contributed by atoms with Crippen molar-refractivity contribution >= 4 is 17.7 Å². The summed E-state index contributed by atoms with van der Waals surface area (Å²) >= 11 is 0. The van der Waals surface area contributed by atoms with Crippen molar-refractivity contribution in [1.29, 1.82) is 0 Å². The lowest BCUT2D eigenvalue weighted by Crippen LogP contribution is -2.61. The van der Waals surface area contributed by atoms with Crippen molar-refractivity contribution in [3.05, 3.63) is 0 Å². The monoisotopic (exact) mass is 358 g/mol. The maximum absolute atomic E-state index is 12.8. The van der Waals surface area contributed by atoms with Gasteiger partial charge in [0.2, 0.25) is 0 Å². The lowest BCUT2D eigenvalue weighted by molar-refractivity contribution is -0.199. The topological polar surface area (TPSA) is 99.1 Å². The molecule has 0 saturated heterocycles. The predicted molar refractivity (Wildman–Crippen MR) is 89.6 cm³/mol. The Balaban J connectivity index is 3.23. The Morgan fingerprint density at radius 3 is 2.12 bits per heavy atom. The van der Waals surface area contributed by atoms with Crippen LogP contribution in [0.3, 0.4) is 0 Å². The van der Waals surface area contributed by atoms with Crippen LogP contribution in [0.5, 0.6) is 0 Å². The Labute approximate surface area is 149 Å². The highest BCUT2D eigenvalue weighted by molar-refractivity contribution is 5.89. The molecular formula is C18H30O7. The predicted octanol–water partition coefficient (Wildman–Crippen LogP) is 1.35. The van der Waals surface area contributed by atoms with E-state index in [4.69, 9.17) is 14.2 Å². The average molecular weight is 358 g/mol. The minimum Gasteiger partial charge on any atom is -0.459 e. The van der Waals surface area contributed by atoms with Crippen molar-refractivity contribution < 1.29 is 33.7 Å². The molecule has 1 aliphatic carbocycles. The summed E-state index contributed by atoms with van der Waals surface area (Å²) in [6.07, 6.45) is -2.45. The zero-order valence-electron chi connectivity index (χ0n) is 15.9. The van der Waals surface area contributed by atoms with Gasteiger partial charge < -0.3 is 19.3 Å². The van der Waals surface area contributed by atoms with Gasteiger partial charge in [0.25, 0.3) is 0 Å². The number of aliphatic hydroxyl groups excluding tert-OH is 1. The Hall–Kier alpha value is -1.47. The summed E-state index contributed by atoms with van der Waals surface area (Å²) in [6.45, 7) is 8.28. The van der Waals surface area contributed by atoms with Crippen molar-refractivity contribution in [1.82, 2.24) is 0 Å². The van der Waals surface area contributed by atoms with Crippen LogP contribution in [0.4, 0.5) is 0 Å². The normalized spacial score (nSPS) is 29.8. The fourth-order valence-corrected chi connectivity index (χ4v) is 3.40.